The Morgan fingerprint density at radius 2 is 1.69 bits per heavy atom. The number of nitrogens with two attached hydrogens (primary N) is 1. The summed E-state index contributed by atoms with van der Waals surface area (Å²) in [5.74, 6) is -1.06. The quantitative estimate of drug-likeness (QED) is 0.910. The third-order valence-corrected chi connectivity index (χ3v) is 4.56. The fourth-order valence-electron chi connectivity index (χ4n) is 3.11. The first-order chi connectivity index (χ1) is 12.3. The molecule has 1 saturated heterocycles. The van der Waals surface area contributed by atoms with E-state index in [4.69, 9.17) is 5.73 Å². The summed E-state index contributed by atoms with van der Waals surface area (Å²) in [5, 5.41) is 0. The lowest BCUT2D eigenvalue weighted by molar-refractivity contribution is -0.137. The lowest BCUT2D eigenvalue weighted by Gasteiger charge is -2.18. The maximum absolute atomic E-state index is 12.8. The second kappa shape index (κ2) is 6.82. The van der Waals surface area contributed by atoms with Crippen molar-refractivity contribution in [1.29, 1.82) is 0 Å². The fraction of sp³-hybridized carbons (Fsp3) is 0.263. The van der Waals surface area contributed by atoms with Crippen molar-refractivity contribution in [2.24, 2.45) is 11.7 Å². The average molecular weight is 362 g/mol. The minimum absolute atomic E-state index is 0.259. The van der Waals surface area contributed by atoms with Gasteiger partial charge in [0, 0.05) is 18.7 Å². The molecule has 1 aliphatic heterocycles. The van der Waals surface area contributed by atoms with Gasteiger partial charge in [-0.3, -0.25) is 9.59 Å². The number of likely N-dealkylation sites (tertiary alicyclic amines) is 1. The smallest absolute Gasteiger partial charge is 0.369 e. The number of alkyl halides is 3. The van der Waals surface area contributed by atoms with Crippen LogP contribution >= 0.6 is 0 Å². The largest absolute Gasteiger partial charge is 0.416 e. The van der Waals surface area contributed by atoms with E-state index < -0.39 is 17.6 Å². The molecule has 136 valence electrons. The molecule has 0 spiro atoms. The molecule has 2 aromatic rings. The second-order valence-corrected chi connectivity index (χ2v) is 6.26. The Balaban J connectivity index is 1.89. The van der Waals surface area contributed by atoms with E-state index in [9.17, 15) is 22.8 Å². The zero-order valence-electron chi connectivity index (χ0n) is 13.8. The molecule has 7 heteroatoms. The standard InChI is InChI=1S/C19H17F3N2O2/c20-19(21,22)14-7-5-12(6-8-14)15-3-1-2-4-16(15)18(26)24-10-9-13(11-24)17(23)25/h1-8,13H,9-11H2,(H2,23,25)/t13-/m0/s1. The van der Waals surface area contributed by atoms with Crippen LogP contribution in [0.5, 0.6) is 0 Å². The highest BCUT2D eigenvalue weighted by Crippen LogP contribution is 2.32. The molecule has 0 saturated carbocycles. The predicted molar refractivity (Wildman–Crippen MR) is 90.1 cm³/mol. The zero-order chi connectivity index (χ0) is 18.9. The van der Waals surface area contributed by atoms with Crippen LogP contribution in [0.3, 0.4) is 0 Å². The van der Waals surface area contributed by atoms with Crippen LogP contribution in [-0.2, 0) is 11.0 Å². The van der Waals surface area contributed by atoms with E-state index in [0.717, 1.165) is 12.1 Å². The summed E-state index contributed by atoms with van der Waals surface area (Å²) in [4.78, 5) is 25.7. The van der Waals surface area contributed by atoms with E-state index in [-0.39, 0.29) is 18.4 Å². The molecule has 0 unspecified atom stereocenters. The predicted octanol–water partition coefficient (Wildman–Crippen LogP) is 3.32. The van der Waals surface area contributed by atoms with Crippen molar-refractivity contribution in [2.75, 3.05) is 13.1 Å². The summed E-state index contributed by atoms with van der Waals surface area (Å²) in [7, 11) is 0. The molecule has 2 aromatic carbocycles. The Labute approximate surface area is 148 Å². The normalized spacial score (nSPS) is 17.3. The van der Waals surface area contributed by atoms with Gasteiger partial charge in [-0.2, -0.15) is 13.2 Å². The number of hydrogen-bond donors (Lipinski definition) is 1. The molecule has 1 fully saturated rings. The zero-order valence-corrected chi connectivity index (χ0v) is 13.8. The first-order valence-electron chi connectivity index (χ1n) is 8.12. The first kappa shape index (κ1) is 18.0. The lowest BCUT2D eigenvalue weighted by Crippen LogP contribution is -2.32. The molecule has 2 amide bonds. The Kier molecular flexibility index (Phi) is 4.71. The number of halogens is 3. The summed E-state index contributed by atoms with van der Waals surface area (Å²) >= 11 is 0. The Bertz CT molecular complexity index is 831. The van der Waals surface area contributed by atoms with E-state index in [1.807, 2.05) is 0 Å². The van der Waals surface area contributed by atoms with Gasteiger partial charge in [0.1, 0.15) is 0 Å². The van der Waals surface area contributed by atoms with Crippen molar-refractivity contribution in [2.45, 2.75) is 12.6 Å². The van der Waals surface area contributed by atoms with Crippen LogP contribution in [0.1, 0.15) is 22.3 Å². The van der Waals surface area contributed by atoms with Gasteiger partial charge < -0.3 is 10.6 Å². The number of amides is 2. The van der Waals surface area contributed by atoms with Gasteiger partial charge in [0.2, 0.25) is 5.91 Å². The molecule has 1 aliphatic rings. The molecule has 1 atom stereocenters. The van der Waals surface area contributed by atoms with E-state index in [0.29, 0.717) is 29.7 Å². The molecule has 0 aromatic heterocycles. The van der Waals surface area contributed by atoms with Crippen LogP contribution in [0.4, 0.5) is 13.2 Å². The first-order valence-corrected chi connectivity index (χ1v) is 8.12. The second-order valence-electron chi connectivity index (χ2n) is 6.26. The van der Waals surface area contributed by atoms with E-state index >= 15 is 0 Å². The van der Waals surface area contributed by atoms with E-state index in [1.54, 1.807) is 29.2 Å². The number of nitrogens with zero attached hydrogens (tertiary/aromatic N) is 1. The van der Waals surface area contributed by atoms with Gasteiger partial charge in [0.25, 0.3) is 5.91 Å². The monoisotopic (exact) mass is 362 g/mol. The van der Waals surface area contributed by atoms with Crippen LogP contribution in [0.25, 0.3) is 11.1 Å². The summed E-state index contributed by atoms with van der Waals surface area (Å²) in [6, 6.07) is 11.4. The third-order valence-electron chi connectivity index (χ3n) is 4.56. The molecular formula is C19H17F3N2O2. The molecule has 4 nitrogen and oxygen atoms in total. The maximum atomic E-state index is 12.8. The van der Waals surface area contributed by atoms with E-state index in [2.05, 4.69) is 0 Å². The number of primary amides is 1. The summed E-state index contributed by atoms with van der Waals surface area (Å²) in [6.45, 7) is 0.684. The number of benzene rings is 2. The van der Waals surface area contributed by atoms with Crippen LogP contribution < -0.4 is 5.73 Å². The van der Waals surface area contributed by atoms with Gasteiger partial charge in [-0.05, 0) is 35.7 Å². The molecule has 0 aliphatic carbocycles. The van der Waals surface area contributed by atoms with Gasteiger partial charge in [0.15, 0.2) is 0 Å². The summed E-state index contributed by atoms with van der Waals surface area (Å²) < 4.78 is 38.2. The van der Waals surface area contributed by atoms with Crippen molar-refractivity contribution in [3.63, 3.8) is 0 Å². The summed E-state index contributed by atoms with van der Waals surface area (Å²) in [5.41, 5.74) is 6.02. The van der Waals surface area contributed by atoms with Gasteiger partial charge in [-0.15, -0.1) is 0 Å². The number of hydrogen-bond acceptors (Lipinski definition) is 2. The highest BCUT2D eigenvalue weighted by molar-refractivity contribution is 6.01. The molecule has 3 rings (SSSR count). The van der Waals surface area contributed by atoms with Crippen LogP contribution in [0.15, 0.2) is 48.5 Å². The Morgan fingerprint density at radius 1 is 1.04 bits per heavy atom. The Morgan fingerprint density at radius 3 is 2.27 bits per heavy atom. The molecule has 2 N–H and O–H groups in total. The SMILES string of the molecule is NC(=O)[C@H]1CCN(C(=O)c2ccccc2-c2ccc(C(F)(F)F)cc2)C1. The maximum Gasteiger partial charge on any atom is 0.416 e. The van der Waals surface area contributed by atoms with Gasteiger partial charge >= 0.3 is 6.18 Å². The topological polar surface area (TPSA) is 63.4 Å². The van der Waals surface area contributed by atoms with Crippen LogP contribution in [0, 0.1) is 5.92 Å². The van der Waals surface area contributed by atoms with Crippen molar-refractivity contribution >= 4 is 11.8 Å². The minimum atomic E-state index is -4.41. The van der Waals surface area contributed by atoms with Crippen molar-refractivity contribution in [3.05, 3.63) is 59.7 Å². The molecule has 1 heterocycles. The van der Waals surface area contributed by atoms with Gasteiger partial charge in [-0.25, -0.2) is 0 Å². The third kappa shape index (κ3) is 3.56. The lowest BCUT2D eigenvalue weighted by atomic mass is 9.98. The van der Waals surface area contributed by atoms with Gasteiger partial charge in [0.05, 0.1) is 11.5 Å². The van der Waals surface area contributed by atoms with Crippen molar-refractivity contribution < 1.29 is 22.8 Å². The number of carbonyl (C=O) groups is 2. The van der Waals surface area contributed by atoms with Gasteiger partial charge in [-0.1, -0.05) is 30.3 Å². The van der Waals surface area contributed by atoms with Crippen LogP contribution in [0.2, 0.25) is 0 Å². The van der Waals surface area contributed by atoms with Crippen LogP contribution in [-0.4, -0.2) is 29.8 Å². The van der Waals surface area contributed by atoms with Crippen molar-refractivity contribution in [1.82, 2.24) is 4.90 Å². The molecular weight excluding hydrogens is 345 g/mol. The number of rotatable bonds is 3. The Hall–Kier alpha value is -2.83. The molecule has 26 heavy (non-hydrogen) atoms. The highest BCUT2D eigenvalue weighted by atomic mass is 19.4. The summed E-state index contributed by atoms with van der Waals surface area (Å²) in [6.07, 6.45) is -3.89. The fourth-order valence-corrected chi connectivity index (χ4v) is 3.11. The molecule has 0 bridgehead atoms. The molecule has 0 radical (unpaired) electrons. The van der Waals surface area contributed by atoms with Crippen molar-refractivity contribution in [3.8, 4) is 11.1 Å². The van der Waals surface area contributed by atoms with E-state index in [1.165, 1.54) is 12.1 Å². The minimum Gasteiger partial charge on any atom is -0.369 e. The highest BCUT2D eigenvalue weighted by Gasteiger charge is 2.32. The average Bonchev–Trinajstić information content (AvgIpc) is 3.11. The number of carbonyl (C=O) groups excluding carboxylic acids is 2.